The van der Waals surface area contributed by atoms with Gasteiger partial charge in [0.1, 0.15) is 0 Å². The molecule has 3 heterocycles. The molecule has 2 aliphatic rings. The summed E-state index contributed by atoms with van der Waals surface area (Å²) in [6.45, 7) is 3.42. The number of rotatable bonds is 2. The third kappa shape index (κ3) is 2.61. The monoisotopic (exact) mass is 285 g/mol. The van der Waals surface area contributed by atoms with Crippen LogP contribution in [0.1, 0.15) is 25.7 Å². The van der Waals surface area contributed by atoms with E-state index in [0.717, 1.165) is 19.5 Å². The SMILES string of the molecule is Fc1cc(F)c(N2CCC(N3CCCCC3)C2)nc1F. The molecule has 3 rings (SSSR count). The molecular weight excluding hydrogens is 267 g/mol. The Labute approximate surface area is 116 Å². The lowest BCUT2D eigenvalue weighted by Crippen LogP contribution is -2.41. The fourth-order valence-electron chi connectivity index (χ4n) is 3.17. The Hall–Kier alpha value is -1.30. The van der Waals surface area contributed by atoms with E-state index in [1.165, 1.54) is 19.3 Å². The number of nitrogens with zero attached hydrogens (tertiary/aromatic N) is 3. The van der Waals surface area contributed by atoms with Gasteiger partial charge in [-0.3, -0.25) is 4.90 Å². The van der Waals surface area contributed by atoms with Gasteiger partial charge in [-0.15, -0.1) is 0 Å². The third-order valence-corrected chi connectivity index (χ3v) is 4.24. The van der Waals surface area contributed by atoms with Crippen LogP contribution in [0.3, 0.4) is 0 Å². The van der Waals surface area contributed by atoms with Gasteiger partial charge < -0.3 is 4.90 Å². The molecule has 0 amide bonds. The molecular formula is C14H18F3N3. The lowest BCUT2D eigenvalue weighted by molar-refractivity contribution is 0.174. The van der Waals surface area contributed by atoms with Crippen molar-refractivity contribution in [2.45, 2.75) is 31.7 Å². The van der Waals surface area contributed by atoms with Crippen molar-refractivity contribution in [3.05, 3.63) is 23.6 Å². The number of hydrogen-bond acceptors (Lipinski definition) is 3. The Morgan fingerprint density at radius 3 is 2.50 bits per heavy atom. The van der Waals surface area contributed by atoms with Crippen LogP contribution in [0, 0.1) is 17.6 Å². The summed E-state index contributed by atoms with van der Waals surface area (Å²) in [5.41, 5.74) is 0. The molecule has 1 unspecified atom stereocenters. The Kier molecular flexibility index (Phi) is 3.83. The molecule has 0 aromatic carbocycles. The minimum absolute atomic E-state index is 0.0663. The van der Waals surface area contributed by atoms with Gasteiger partial charge in [-0.1, -0.05) is 6.42 Å². The highest BCUT2D eigenvalue weighted by Gasteiger charge is 2.30. The van der Waals surface area contributed by atoms with E-state index in [9.17, 15) is 13.2 Å². The van der Waals surface area contributed by atoms with E-state index >= 15 is 0 Å². The van der Waals surface area contributed by atoms with Crippen LogP contribution in [0.25, 0.3) is 0 Å². The fraction of sp³-hybridized carbons (Fsp3) is 0.643. The fourth-order valence-corrected chi connectivity index (χ4v) is 3.17. The van der Waals surface area contributed by atoms with E-state index < -0.39 is 17.6 Å². The van der Waals surface area contributed by atoms with Crippen molar-refractivity contribution >= 4 is 5.82 Å². The van der Waals surface area contributed by atoms with Gasteiger partial charge in [0.05, 0.1) is 0 Å². The van der Waals surface area contributed by atoms with Crippen LogP contribution in [0.15, 0.2) is 6.07 Å². The molecule has 110 valence electrons. The molecule has 1 aromatic rings. The highest BCUT2D eigenvalue weighted by molar-refractivity contribution is 5.41. The van der Waals surface area contributed by atoms with Crippen LogP contribution in [-0.2, 0) is 0 Å². The van der Waals surface area contributed by atoms with Gasteiger partial charge in [0.2, 0.25) is 0 Å². The summed E-state index contributed by atoms with van der Waals surface area (Å²) in [7, 11) is 0. The highest BCUT2D eigenvalue weighted by Crippen LogP contribution is 2.26. The molecule has 20 heavy (non-hydrogen) atoms. The number of anilines is 1. The summed E-state index contributed by atoms with van der Waals surface area (Å²) in [4.78, 5) is 7.56. The number of piperidine rings is 1. The first-order valence-electron chi connectivity index (χ1n) is 7.15. The summed E-state index contributed by atoms with van der Waals surface area (Å²) in [6.07, 6.45) is 4.59. The average molecular weight is 285 g/mol. The summed E-state index contributed by atoms with van der Waals surface area (Å²) in [5, 5.41) is 0. The van der Waals surface area contributed by atoms with Crippen molar-refractivity contribution < 1.29 is 13.2 Å². The number of pyridine rings is 1. The summed E-state index contributed by atoms with van der Waals surface area (Å²) < 4.78 is 39.8. The first-order chi connectivity index (χ1) is 9.65. The normalized spacial score (nSPS) is 24.4. The van der Waals surface area contributed by atoms with Gasteiger partial charge in [0, 0.05) is 25.2 Å². The van der Waals surface area contributed by atoms with Crippen molar-refractivity contribution in [3.8, 4) is 0 Å². The topological polar surface area (TPSA) is 19.4 Å². The van der Waals surface area contributed by atoms with Gasteiger partial charge in [-0.2, -0.15) is 9.37 Å². The van der Waals surface area contributed by atoms with Crippen molar-refractivity contribution in [2.75, 3.05) is 31.1 Å². The molecule has 0 radical (unpaired) electrons. The second-order valence-corrected chi connectivity index (χ2v) is 5.55. The molecule has 2 aliphatic heterocycles. The number of aromatic nitrogens is 1. The van der Waals surface area contributed by atoms with E-state index in [0.29, 0.717) is 25.2 Å². The molecule has 3 nitrogen and oxygen atoms in total. The van der Waals surface area contributed by atoms with Crippen molar-refractivity contribution in [3.63, 3.8) is 0 Å². The van der Waals surface area contributed by atoms with Crippen LogP contribution < -0.4 is 4.90 Å². The highest BCUT2D eigenvalue weighted by atomic mass is 19.2. The van der Waals surface area contributed by atoms with E-state index in [4.69, 9.17) is 0 Å². The third-order valence-electron chi connectivity index (χ3n) is 4.24. The molecule has 0 N–H and O–H groups in total. The van der Waals surface area contributed by atoms with Crippen molar-refractivity contribution in [1.82, 2.24) is 9.88 Å². The van der Waals surface area contributed by atoms with Crippen LogP contribution in [0.5, 0.6) is 0 Å². The zero-order valence-electron chi connectivity index (χ0n) is 11.3. The van der Waals surface area contributed by atoms with E-state index in [2.05, 4.69) is 9.88 Å². The quantitative estimate of drug-likeness (QED) is 0.779. The van der Waals surface area contributed by atoms with Crippen LogP contribution in [0.4, 0.5) is 19.0 Å². The predicted molar refractivity (Wildman–Crippen MR) is 70.2 cm³/mol. The van der Waals surface area contributed by atoms with Gasteiger partial charge in [0.25, 0.3) is 5.95 Å². The first kappa shape index (κ1) is 13.7. The molecule has 1 aromatic heterocycles. The maximum Gasteiger partial charge on any atom is 0.251 e. The smallest absolute Gasteiger partial charge is 0.251 e. The molecule has 0 saturated carbocycles. The molecule has 2 fully saturated rings. The van der Waals surface area contributed by atoms with Crippen LogP contribution >= 0.6 is 0 Å². The van der Waals surface area contributed by atoms with E-state index in [-0.39, 0.29) is 5.82 Å². The summed E-state index contributed by atoms with van der Waals surface area (Å²) in [5.74, 6) is -3.33. The van der Waals surface area contributed by atoms with Crippen molar-refractivity contribution in [2.24, 2.45) is 0 Å². The minimum Gasteiger partial charge on any atom is -0.352 e. The van der Waals surface area contributed by atoms with Crippen molar-refractivity contribution in [1.29, 1.82) is 0 Å². The predicted octanol–water partition coefficient (Wildman–Crippen LogP) is 2.56. The maximum atomic E-state index is 13.7. The lowest BCUT2D eigenvalue weighted by atomic mass is 10.1. The van der Waals surface area contributed by atoms with E-state index in [1.54, 1.807) is 4.90 Å². The van der Waals surface area contributed by atoms with Crippen LogP contribution in [-0.4, -0.2) is 42.1 Å². The Balaban J connectivity index is 1.72. The maximum absolute atomic E-state index is 13.7. The van der Waals surface area contributed by atoms with Gasteiger partial charge >= 0.3 is 0 Å². The minimum atomic E-state index is -1.24. The van der Waals surface area contributed by atoms with Gasteiger partial charge in [-0.05, 0) is 32.4 Å². The first-order valence-corrected chi connectivity index (χ1v) is 7.15. The average Bonchev–Trinajstić information content (AvgIpc) is 2.93. The largest absolute Gasteiger partial charge is 0.352 e. The molecule has 6 heteroatoms. The second-order valence-electron chi connectivity index (χ2n) is 5.55. The summed E-state index contributed by atoms with van der Waals surface area (Å²) >= 11 is 0. The number of hydrogen-bond donors (Lipinski definition) is 0. The lowest BCUT2D eigenvalue weighted by Gasteiger charge is -2.32. The zero-order valence-corrected chi connectivity index (χ0v) is 11.3. The molecule has 0 bridgehead atoms. The number of halogens is 3. The van der Waals surface area contributed by atoms with Crippen LogP contribution in [0.2, 0.25) is 0 Å². The van der Waals surface area contributed by atoms with Gasteiger partial charge in [-0.25, -0.2) is 8.78 Å². The molecule has 0 spiro atoms. The molecule has 2 saturated heterocycles. The Morgan fingerprint density at radius 2 is 1.75 bits per heavy atom. The standard InChI is InChI=1S/C14H18F3N3/c15-11-8-12(16)14(18-13(11)17)20-7-4-10(9-20)19-5-2-1-3-6-19/h8,10H,1-7,9H2. The zero-order chi connectivity index (χ0) is 14.1. The summed E-state index contributed by atoms with van der Waals surface area (Å²) in [6, 6.07) is 0.941. The van der Waals surface area contributed by atoms with Gasteiger partial charge in [0.15, 0.2) is 17.5 Å². The second kappa shape index (κ2) is 5.60. The molecule has 0 aliphatic carbocycles. The van der Waals surface area contributed by atoms with E-state index in [1.807, 2.05) is 0 Å². The molecule has 1 atom stereocenters. The number of likely N-dealkylation sites (tertiary alicyclic amines) is 1. The Morgan fingerprint density at radius 1 is 1.00 bits per heavy atom. The Bertz CT molecular complexity index is 489.